The van der Waals surface area contributed by atoms with E-state index in [1.165, 1.54) is 10.9 Å². The molecular formula is C29H23N2O2P. The molecule has 0 aliphatic heterocycles. The number of aromatic nitrogens is 2. The third-order valence-corrected chi connectivity index (χ3v) is 9.90. The number of hydrogen-bond acceptors (Lipinski definition) is 3. The summed E-state index contributed by atoms with van der Waals surface area (Å²) < 4.78 is 1.40. The summed E-state index contributed by atoms with van der Waals surface area (Å²) in [4.78, 5) is 31.0. The monoisotopic (exact) mass is 462 g/mol. The predicted octanol–water partition coefficient (Wildman–Crippen LogP) is 3.76. The Kier molecular flexibility index (Phi) is 6.07. The van der Waals surface area contributed by atoms with Crippen molar-refractivity contribution in [3.8, 4) is 0 Å². The van der Waals surface area contributed by atoms with Crippen LogP contribution in [-0.2, 0) is 11.3 Å². The SMILES string of the molecule is O=C(C=P(c1ccccc1)(c1ccccc1)c1ccccc1)Cn1cnc2ccccc2c1=O. The number of nitrogens with zero attached hydrogens (tertiary/aromatic N) is 2. The molecule has 5 heteroatoms. The number of benzene rings is 4. The Bertz CT molecular complexity index is 1460. The van der Waals surface area contributed by atoms with Gasteiger partial charge in [0.2, 0.25) is 0 Å². The average Bonchev–Trinajstić information content (AvgIpc) is 2.90. The highest BCUT2D eigenvalue weighted by Gasteiger charge is 2.26. The van der Waals surface area contributed by atoms with Gasteiger partial charge in [0.25, 0.3) is 5.56 Å². The number of rotatable bonds is 6. The number of carbonyl (C=O) groups is 1. The molecule has 0 atom stereocenters. The Morgan fingerprint density at radius 2 is 1.18 bits per heavy atom. The van der Waals surface area contributed by atoms with Gasteiger partial charge in [-0.1, -0.05) is 103 Å². The average molecular weight is 462 g/mol. The van der Waals surface area contributed by atoms with E-state index >= 15 is 0 Å². The van der Waals surface area contributed by atoms with Crippen LogP contribution in [-0.4, -0.2) is 21.1 Å². The van der Waals surface area contributed by atoms with Gasteiger partial charge in [-0.25, -0.2) is 4.98 Å². The highest BCUT2D eigenvalue weighted by molar-refractivity contribution is 7.95. The molecule has 5 rings (SSSR count). The summed E-state index contributed by atoms with van der Waals surface area (Å²) in [5, 5.41) is 3.77. The smallest absolute Gasteiger partial charge is 0.261 e. The van der Waals surface area contributed by atoms with Crippen molar-refractivity contribution in [2.24, 2.45) is 0 Å². The minimum Gasteiger partial charge on any atom is -0.293 e. The normalized spacial score (nSPS) is 11.3. The lowest BCUT2D eigenvalue weighted by Crippen LogP contribution is -2.31. The van der Waals surface area contributed by atoms with Gasteiger partial charge >= 0.3 is 0 Å². The fraction of sp³-hybridized carbons (Fsp3) is 0.0345. The largest absolute Gasteiger partial charge is 0.293 e. The summed E-state index contributed by atoms with van der Waals surface area (Å²) in [5.41, 5.74) is 0.412. The van der Waals surface area contributed by atoms with E-state index in [0.717, 1.165) is 15.9 Å². The summed E-state index contributed by atoms with van der Waals surface area (Å²) in [5.74, 6) is 1.73. The lowest BCUT2D eigenvalue weighted by Gasteiger charge is -2.28. The lowest BCUT2D eigenvalue weighted by atomic mass is 10.2. The van der Waals surface area contributed by atoms with Crippen molar-refractivity contribution in [3.05, 3.63) is 132 Å². The van der Waals surface area contributed by atoms with Gasteiger partial charge in [0.15, 0.2) is 5.78 Å². The van der Waals surface area contributed by atoms with E-state index in [1.54, 1.807) is 18.2 Å². The maximum absolute atomic E-state index is 13.6. The Morgan fingerprint density at radius 3 is 1.71 bits per heavy atom. The number of carbonyl (C=O) groups excluding carboxylic acids is 1. The topological polar surface area (TPSA) is 52.0 Å². The highest BCUT2D eigenvalue weighted by atomic mass is 31.2. The molecule has 4 aromatic carbocycles. The summed E-state index contributed by atoms with van der Waals surface area (Å²) in [7, 11) is 0. The second kappa shape index (κ2) is 9.46. The van der Waals surface area contributed by atoms with Crippen molar-refractivity contribution in [1.29, 1.82) is 0 Å². The molecule has 0 aliphatic rings. The van der Waals surface area contributed by atoms with E-state index < -0.39 is 6.89 Å². The van der Waals surface area contributed by atoms with E-state index in [1.807, 2.05) is 66.5 Å². The highest BCUT2D eigenvalue weighted by Crippen LogP contribution is 2.43. The van der Waals surface area contributed by atoms with Crippen molar-refractivity contribution < 1.29 is 4.79 Å². The van der Waals surface area contributed by atoms with Crippen molar-refractivity contribution in [3.63, 3.8) is 0 Å². The van der Waals surface area contributed by atoms with Crippen LogP contribution in [0.4, 0.5) is 0 Å². The van der Waals surface area contributed by atoms with Crippen LogP contribution >= 0.6 is 6.89 Å². The van der Waals surface area contributed by atoms with Crippen LogP contribution < -0.4 is 21.5 Å². The van der Waals surface area contributed by atoms with Crippen LogP contribution in [0, 0.1) is 0 Å². The molecule has 0 radical (unpaired) electrons. The van der Waals surface area contributed by atoms with Crippen LogP contribution in [0.2, 0.25) is 0 Å². The van der Waals surface area contributed by atoms with Gasteiger partial charge in [-0.3, -0.25) is 14.2 Å². The van der Waals surface area contributed by atoms with E-state index in [0.29, 0.717) is 10.9 Å². The van der Waals surface area contributed by atoms with E-state index in [4.69, 9.17) is 0 Å². The summed E-state index contributed by atoms with van der Waals surface area (Å²) in [6.45, 7) is -2.48. The molecule has 34 heavy (non-hydrogen) atoms. The molecule has 0 bridgehead atoms. The summed E-state index contributed by atoms with van der Waals surface area (Å²) in [6.07, 6.45) is 1.46. The van der Waals surface area contributed by atoms with Gasteiger partial charge in [0.05, 0.1) is 23.8 Å². The molecule has 0 fully saturated rings. The summed E-state index contributed by atoms with van der Waals surface area (Å²) in [6, 6.07) is 37.7. The molecule has 0 aliphatic carbocycles. The number of ketones is 1. The van der Waals surface area contributed by atoms with Crippen molar-refractivity contribution in [2.45, 2.75) is 6.54 Å². The Morgan fingerprint density at radius 1 is 0.706 bits per heavy atom. The van der Waals surface area contributed by atoms with Crippen LogP contribution in [0.15, 0.2) is 126 Å². The van der Waals surface area contributed by atoms with E-state index in [2.05, 4.69) is 41.4 Å². The fourth-order valence-corrected chi connectivity index (χ4v) is 8.09. The van der Waals surface area contributed by atoms with E-state index in [-0.39, 0.29) is 17.9 Å². The van der Waals surface area contributed by atoms with Crippen LogP contribution in [0.5, 0.6) is 0 Å². The zero-order chi connectivity index (χ0) is 23.4. The first-order valence-corrected chi connectivity index (χ1v) is 12.9. The van der Waals surface area contributed by atoms with Crippen LogP contribution in [0.25, 0.3) is 10.9 Å². The van der Waals surface area contributed by atoms with Crippen molar-refractivity contribution in [1.82, 2.24) is 9.55 Å². The van der Waals surface area contributed by atoms with Gasteiger partial charge in [0.1, 0.15) is 0 Å². The fourth-order valence-electron chi connectivity index (χ4n) is 4.30. The molecule has 0 spiro atoms. The lowest BCUT2D eigenvalue weighted by molar-refractivity contribution is -0.113. The molecule has 166 valence electrons. The third-order valence-electron chi connectivity index (χ3n) is 5.89. The minimum absolute atomic E-state index is 0.0646. The molecule has 1 heterocycles. The predicted molar refractivity (Wildman–Crippen MR) is 142 cm³/mol. The van der Waals surface area contributed by atoms with Crippen LogP contribution in [0.1, 0.15) is 0 Å². The molecule has 0 amide bonds. The van der Waals surface area contributed by atoms with Gasteiger partial charge in [0, 0.05) is 0 Å². The van der Waals surface area contributed by atoms with Crippen LogP contribution in [0.3, 0.4) is 0 Å². The zero-order valence-electron chi connectivity index (χ0n) is 18.5. The first-order valence-electron chi connectivity index (χ1n) is 11.1. The van der Waals surface area contributed by atoms with E-state index in [9.17, 15) is 9.59 Å². The molecule has 0 saturated heterocycles. The first-order chi connectivity index (χ1) is 16.7. The first kappa shape index (κ1) is 21.8. The number of Topliss-reactive ketones (excluding diaryl/α,β-unsaturated/α-hetero) is 1. The number of para-hydroxylation sites is 1. The van der Waals surface area contributed by atoms with Gasteiger partial charge in [-0.15, -0.1) is 0 Å². The van der Waals surface area contributed by atoms with Crippen molar-refractivity contribution >= 4 is 45.3 Å². The second-order valence-corrected chi connectivity index (χ2v) is 11.3. The molecule has 1 aromatic heterocycles. The Balaban J connectivity index is 1.71. The molecular weight excluding hydrogens is 439 g/mol. The standard InChI is InChI=1S/C29H23N2O2P/c32-23(20-31-22-30-28-19-11-10-18-27(28)29(31)33)21-34(24-12-4-1-5-13-24,25-14-6-2-7-15-25)26-16-8-3-9-17-26/h1-19,21-22H,20H2. The minimum atomic E-state index is -2.42. The maximum Gasteiger partial charge on any atom is 0.261 e. The van der Waals surface area contributed by atoms with Gasteiger partial charge in [-0.05, 0) is 40.7 Å². The Hall–Kier alpha value is -4.01. The quantitative estimate of drug-likeness (QED) is 0.361. The van der Waals surface area contributed by atoms with Gasteiger partial charge in [-0.2, -0.15) is 0 Å². The number of hydrogen-bond donors (Lipinski definition) is 0. The second-order valence-electron chi connectivity index (χ2n) is 8.02. The molecule has 4 nitrogen and oxygen atoms in total. The van der Waals surface area contributed by atoms with Crippen molar-refractivity contribution in [2.75, 3.05) is 0 Å². The summed E-state index contributed by atoms with van der Waals surface area (Å²) >= 11 is 0. The number of fused-ring (bicyclic) bond motifs is 1. The molecule has 0 unspecified atom stereocenters. The Labute approximate surface area is 198 Å². The van der Waals surface area contributed by atoms with Gasteiger partial charge < -0.3 is 0 Å². The maximum atomic E-state index is 13.6. The third kappa shape index (κ3) is 4.05. The molecule has 0 saturated carbocycles. The molecule has 0 N–H and O–H groups in total. The zero-order valence-corrected chi connectivity index (χ0v) is 19.4. The molecule has 5 aromatic rings.